The van der Waals surface area contributed by atoms with Gasteiger partial charge in [0.25, 0.3) is 0 Å². The van der Waals surface area contributed by atoms with E-state index in [1.165, 1.54) is 17.7 Å². The molecule has 0 saturated carbocycles. The summed E-state index contributed by atoms with van der Waals surface area (Å²) in [6.45, 7) is 3.17. The average Bonchev–Trinajstić information content (AvgIpc) is 3.29. The number of piperidine rings is 1. The second kappa shape index (κ2) is 10.2. The zero-order valence-corrected chi connectivity index (χ0v) is 19.3. The van der Waals surface area contributed by atoms with Gasteiger partial charge in [0.2, 0.25) is 0 Å². The summed E-state index contributed by atoms with van der Waals surface area (Å²) < 4.78 is 31.9. The average molecular weight is 465 g/mol. The van der Waals surface area contributed by atoms with E-state index in [1.54, 1.807) is 24.3 Å². The number of likely N-dealkylation sites (tertiary alicyclic amines) is 1. The topological polar surface area (TPSA) is 46.3 Å². The molecule has 34 heavy (non-hydrogen) atoms. The van der Waals surface area contributed by atoms with Gasteiger partial charge >= 0.3 is 0 Å². The molecule has 4 nitrogen and oxygen atoms in total. The summed E-state index contributed by atoms with van der Waals surface area (Å²) in [7, 11) is 0. The zero-order valence-electron chi connectivity index (χ0n) is 19.3. The minimum absolute atomic E-state index is 0.0119. The fraction of sp³-hybridized carbons (Fsp3) is 0.429. The molecule has 0 radical (unpaired) electrons. The van der Waals surface area contributed by atoms with Gasteiger partial charge in [0.15, 0.2) is 5.78 Å². The maximum absolute atomic E-state index is 13.3. The van der Waals surface area contributed by atoms with E-state index in [2.05, 4.69) is 10.1 Å². The van der Waals surface area contributed by atoms with Crippen molar-refractivity contribution >= 4 is 5.78 Å². The normalized spacial score (nSPS) is 19.4. The van der Waals surface area contributed by atoms with Crippen molar-refractivity contribution in [2.24, 2.45) is 11.8 Å². The molecule has 1 unspecified atom stereocenters. The number of benzene rings is 2. The minimum Gasteiger partial charge on any atom is -0.360 e. The first-order valence-electron chi connectivity index (χ1n) is 12.3. The van der Waals surface area contributed by atoms with Crippen molar-refractivity contribution in [3.63, 3.8) is 0 Å². The molecule has 178 valence electrons. The fourth-order valence-electron chi connectivity index (χ4n) is 5.40. The third-order valence-corrected chi connectivity index (χ3v) is 7.39. The number of carbonyl (C=O) groups excluding carboxylic acids is 1. The Bertz CT molecular complexity index is 1120. The van der Waals surface area contributed by atoms with Gasteiger partial charge in [-0.25, -0.2) is 8.78 Å². The first-order valence-corrected chi connectivity index (χ1v) is 12.3. The molecule has 1 atom stereocenters. The van der Waals surface area contributed by atoms with Gasteiger partial charge in [0, 0.05) is 17.9 Å². The molecule has 0 spiro atoms. The number of hydrogen-bond donors (Lipinski definition) is 0. The van der Waals surface area contributed by atoms with Gasteiger partial charge in [-0.3, -0.25) is 4.79 Å². The molecule has 5 rings (SSSR count). The quantitative estimate of drug-likeness (QED) is 0.424. The summed E-state index contributed by atoms with van der Waals surface area (Å²) >= 11 is 0. The van der Waals surface area contributed by atoms with E-state index in [-0.39, 0.29) is 23.3 Å². The third kappa shape index (κ3) is 5.12. The molecule has 3 aromatic rings. The molecule has 0 amide bonds. The van der Waals surface area contributed by atoms with Crippen LogP contribution in [0, 0.1) is 23.5 Å². The van der Waals surface area contributed by atoms with Gasteiger partial charge in [-0.05, 0) is 106 Å². The van der Waals surface area contributed by atoms with Crippen molar-refractivity contribution in [3.05, 3.63) is 77.1 Å². The fourth-order valence-corrected chi connectivity index (χ4v) is 5.40. The Morgan fingerprint density at radius 3 is 2.32 bits per heavy atom. The molecule has 1 aliphatic heterocycles. The number of hydrogen-bond acceptors (Lipinski definition) is 4. The second-order valence-electron chi connectivity index (χ2n) is 9.69. The highest BCUT2D eigenvalue weighted by molar-refractivity contribution is 6.04. The maximum Gasteiger partial charge on any atom is 0.171 e. The lowest BCUT2D eigenvalue weighted by atomic mass is 9.82. The van der Waals surface area contributed by atoms with Crippen molar-refractivity contribution in [1.29, 1.82) is 0 Å². The molecule has 2 aromatic carbocycles. The Morgan fingerprint density at radius 2 is 1.62 bits per heavy atom. The first-order chi connectivity index (χ1) is 16.6. The summed E-state index contributed by atoms with van der Waals surface area (Å²) in [5, 5.41) is 4.13. The molecule has 0 bridgehead atoms. The van der Waals surface area contributed by atoms with Crippen LogP contribution in [0.15, 0.2) is 53.1 Å². The highest BCUT2D eigenvalue weighted by atomic mass is 19.1. The lowest BCUT2D eigenvalue weighted by molar-refractivity contribution is 0.0882. The predicted octanol–water partition coefficient (Wildman–Crippen LogP) is 6.10. The van der Waals surface area contributed by atoms with Crippen LogP contribution in [0.1, 0.15) is 53.8 Å². The third-order valence-electron chi connectivity index (χ3n) is 7.39. The first kappa shape index (κ1) is 22.9. The molecule has 1 saturated heterocycles. The van der Waals surface area contributed by atoms with E-state index in [9.17, 15) is 13.6 Å². The largest absolute Gasteiger partial charge is 0.360 e. The number of rotatable bonds is 7. The van der Waals surface area contributed by atoms with Crippen molar-refractivity contribution in [2.45, 2.75) is 44.9 Å². The molecule has 0 N–H and O–H groups in total. The number of ketones is 1. The Labute approximate surface area is 198 Å². The van der Waals surface area contributed by atoms with Crippen molar-refractivity contribution < 1.29 is 18.1 Å². The van der Waals surface area contributed by atoms with Gasteiger partial charge in [0.1, 0.15) is 23.1 Å². The number of halogens is 2. The Morgan fingerprint density at radius 1 is 0.941 bits per heavy atom. The van der Waals surface area contributed by atoms with Crippen LogP contribution in [0.3, 0.4) is 0 Å². The lowest BCUT2D eigenvalue weighted by Gasteiger charge is -2.32. The van der Waals surface area contributed by atoms with Crippen LogP contribution >= 0.6 is 0 Å². The van der Waals surface area contributed by atoms with E-state index in [1.807, 2.05) is 12.1 Å². The number of aromatic nitrogens is 1. The van der Waals surface area contributed by atoms with Crippen molar-refractivity contribution in [3.8, 4) is 11.3 Å². The van der Waals surface area contributed by atoms with Crippen LogP contribution in [-0.4, -0.2) is 35.5 Å². The molecular formula is C28H30F2N2O2. The van der Waals surface area contributed by atoms with Gasteiger partial charge < -0.3 is 9.42 Å². The van der Waals surface area contributed by atoms with E-state index in [0.29, 0.717) is 34.9 Å². The molecule has 1 aromatic heterocycles. The van der Waals surface area contributed by atoms with Crippen LogP contribution in [0.25, 0.3) is 11.3 Å². The zero-order chi connectivity index (χ0) is 23.5. The van der Waals surface area contributed by atoms with Crippen molar-refractivity contribution in [2.75, 3.05) is 19.6 Å². The predicted molar refractivity (Wildman–Crippen MR) is 127 cm³/mol. The van der Waals surface area contributed by atoms with E-state index >= 15 is 0 Å². The minimum atomic E-state index is -0.315. The number of aryl methyl sites for hydroxylation is 1. The summed E-state index contributed by atoms with van der Waals surface area (Å²) in [6, 6.07) is 12.9. The summed E-state index contributed by atoms with van der Waals surface area (Å²) in [4.78, 5) is 15.8. The Kier molecular flexibility index (Phi) is 6.86. The Balaban J connectivity index is 1.11. The smallest absolute Gasteiger partial charge is 0.171 e. The van der Waals surface area contributed by atoms with Gasteiger partial charge in [0.05, 0.1) is 5.56 Å². The summed E-state index contributed by atoms with van der Waals surface area (Å²) in [5.41, 5.74) is 3.05. The molecule has 1 fully saturated rings. The molecule has 2 heterocycles. The molecular weight excluding hydrogens is 434 g/mol. The highest BCUT2D eigenvalue weighted by Crippen LogP contribution is 2.35. The monoisotopic (exact) mass is 464 g/mol. The summed E-state index contributed by atoms with van der Waals surface area (Å²) in [5.74, 6) is 0.913. The number of nitrogens with zero attached hydrogens (tertiary/aromatic N) is 2. The number of carbonyl (C=O) groups is 1. The van der Waals surface area contributed by atoms with E-state index in [0.717, 1.165) is 58.2 Å². The van der Waals surface area contributed by atoms with E-state index < -0.39 is 0 Å². The molecule has 6 heteroatoms. The van der Waals surface area contributed by atoms with Crippen LogP contribution in [0.4, 0.5) is 8.78 Å². The molecule has 1 aliphatic carbocycles. The standard InChI is InChI=1S/C28H30F2N2O2/c29-23-8-3-19(4-9-23)18-20-13-16-32(17-14-20)15-1-2-22-7-12-25-26(28(22)33)27(31-34-25)21-5-10-24(30)11-6-21/h3-6,8-11,20,22H,1-2,7,12-18H2. The Hall–Kier alpha value is -2.86. The SMILES string of the molecule is O=C1c2c(-c3ccc(F)cc3)noc2CCC1CCCN1CCC(Cc2ccc(F)cc2)CC1. The highest BCUT2D eigenvalue weighted by Gasteiger charge is 2.34. The number of Topliss-reactive ketones (excluding diaryl/α,β-unsaturated/α-hetero) is 1. The van der Waals surface area contributed by atoms with Crippen molar-refractivity contribution in [1.82, 2.24) is 10.1 Å². The number of fused-ring (bicyclic) bond motifs is 1. The van der Waals surface area contributed by atoms with Gasteiger partial charge in [-0.15, -0.1) is 0 Å². The van der Waals surface area contributed by atoms with Crippen LogP contribution in [-0.2, 0) is 12.8 Å². The lowest BCUT2D eigenvalue weighted by Crippen LogP contribution is -2.35. The van der Waals surface area contributed by atoms with Crippen LogP contribution in [0.2, 0.25) is 0 Å². The second-order valence-corrected chi connectivity index (χ2v) is 9.69. The molecule has 2 aliphatic rings. The maximum atomic E-state index is 13.3. The van der Waals surface area contributed by atoms with E-state index in [4.69, 9.17) is 4.52 Å². The van der Waals surface area contributed by atoms with Gasteiger partial charge in [-0.2, -0.15) is 0 Å². The van der Waals surface area contributed by atoms with Crippen LogP contribution < -0.4 is 0 Å². The van der Waals surface area contributed by atoms with Gasteiger partial charge in [-0.1, -0.05) is 17.3 Å². The van der Waals surface area contributed by atoms with Crippen LogP contribution in [0.5, 0.6) is 0 Å². The summed E-state index contributed by atoms with van der Waals surface area (Å²) in [6.07, 6.45) is 6.70.